The fraction of sp³-hybridized carbons (Fsp3) is 0.333. The molecule has 0 amide bonds. The summed E-state index contributed by atoms with van der Waals surface area (Å²) in [5.74, 6) is 0.783. The monoisotopic (exact) mass is 364 g/mol. The highest BCUT2D eigenvalue weighted by molar-refractivity contribution is 7.54. The largest absolute Gasteiger partial charge is 0.433 e. The third-order valence-corrected chi connectivity index (χ3v) is 5.77. The zero-order chi connectivity index (χ0) is 17.9. The molecule has 4 atom stereocenters. The number of aliphatic hydroxyl groups excluding tert-OH is 2. The maximum atomic E-state index is 13.3. The van der Waals surface area contributed by atoms with Crippen LogP contribution in [0.15, 0.2) is 60.7 Å². The van der Waals surface area contributed by atoms with Gasteiger partial charge in [-0.05, 0) is 31.2 Å². The van der Waals surface area contributed by atoms with E-state index in [1.54, 1.807) is 55.5 Å². The molecule has 25 heavy (non-hydrogen) atoms. The third kappa shape index (κ3) is 4.41. The van der Waals surface area contributed by atoms with Gasteiger partial charge in [0.2, 0.25) is 0 Å². The smallest absolute Gasteiger partial charge is 0.416 e. The fourth-order valence-corrected chi connectivity index (χ4v) is 4.50. The first-order valence-corrected chi connectivity index (χ1v) is 9.79. The number of hydrogen-bond donors (Lipinski definition) is 2. The second kappa shape index (κ2) is 7.58. The first-order chi connectivity index (χ1) is 12.0. The predicted octanol–water partition coefficient (Wildman–Crippen LogP) is 2.85. The second-order valence-corrected chi connectivity index (χ2v) is 7.92. The number of ether oxygens (including phenoxy) is 1. The average Bonchev–Trinajstić information content (AvgIpc) is 2.83. The minimum atomic E-state index is -3.70. The number of rotatable bonds is 6. The van der Waals surface area contributed by atoms with Gasteiger partial charge >= 0.3 is 7.60 Å². The summed E-state index contributed by atoms with van der Waals surface area (Å²) in [5, 5.41) is 20.0. The van der Waals surface area contributed by atoms with Gasteiger partial charge in [-0.1, -0.05) is 36.4 Å². The van der Waals surface area contributed by atoms with Gasteiger partial charge in [-0.3, -0.25) is 0 Å². The van der Waals surface area contributed by atoms with Crippen LogP contribution >= 0.6 is 7.60 Å². The molecular weight excluding hydrogens is 343 g/mol. The van der Waals surface area contributed by atoms with Crippen LogP contribution in [-0.2, 0) is 9.30 Å². The lowest BCUT2D eigenvalue weighted by molar-refractivity contribution is 0.0279. The highest BCUT2D eigenvalue weighted by atomic mass is 31.2. The predicted molar refractivity (Wildman–Crippen MR) is 93.0 cm³/mol. The van der Waals surface area contributed by atoms with Crippen molar-refractivity contribution in [2.75, 3.05) is 6.16 Å². The second-order valence-electron chi connectivity index (χ2n) is 5.96. The lowest BCUT2D eigenvalue weighted by Gasteiger charge is -2.23. The molecule has 0 spiro atoms. The minimum absolute atomic E-state index is 0.181. The van der Waals surface area contributed by atoms with Crippen LogP contribution in [0, 0.1) is 0 Å². The molecule has 1 saturated heterocycles. The van der Waals surface area contributed by atoms with Crippen molar-refractivity contribution < 1.29 is 28.6 Å². The average molecular weight is 364 g/mol. The first-order valence-electron chi connectivity index (χ1n) is 8.07. The highest BCUT2D eigenvalue weighted by Gasteiger charge is 2.45. The normalized spacial score (nSPS) is 26.4. The molecule has 1 heterocycles. The van der Waals surface area contributed by atoms with Crippen molar-refractivity contribution in [3.05, 3.63) is 60.7 Å². The van der Waals surface area contributed by atoms with Gasteiger partial charge in [0.05, 0.1) is 6.10 Å². The SMILES string of the molecule is CC1O[C@H](CP(=O)(Oc2ccccc2)Oc2ccccc2)[C@H](O)C1O. The summed E-state index contributed by atoms with van der Waals surface area (Å²) in [5.41, 5.74) is 0. The van der Waals surface area contributed by atoms with Crippen LogP contribution in [0.5, 0.6) is 11.5 Å². The molecule has 0 aromatic heterocycles. The topological polar surface area (TPSA) is 85.2 Å². The summed E-state index contributed by atoms with van der Waals surface area (Å²) < 4.78 is 30.2. The van der Waals surface area contributed by atoms with E-state index in [2.05, 4.69) is 0 Å². The molecule has 0 aliphatic carbocycles. The van der Waals surface area contributed by atoms with Gasteiger partial charge in [-0.25, -0.2) is 4.57 Å². The molecule has 1 fully saturated rings. The van der Waals surface area contributed by atoms with E-state index in [0.717, 1.165) is 0 Å². The molecule has 0 bridgehead atoms. The summed E-state index contributed by atoms with van der Waals surface area (Å²) >= 11 is 0. The van der Waals surface area contributed by atoms with Gasteiger partial charge < -0.3 is 24.0 Å². The van der Waals surface area contributed by atoms with Crippen molar-refractivity contribution >= 4 is 7.60 Å². The Balaban J connectivity index is 1.82. The van der Waals surface area contributed by atoms with Crippen LogP contribution in [0.4, 0.5) is 0 Å². The number of benzene rings is 2. The van der Waals surface area contributed by atoms with Crippen LogP contribution in [-0.4, -0.2) is 40.8 Å². The molecular formula is C18H21O6P. The van der Waals surface area contributed by atoms with Gasteiger partial charge in [0.25, 0.3) is 0 Å². The molecule has 2 unspecified atom stereocenters. The van der Waals surface area contributed by atoms with Crippen LogP contribution in [0.2, 0.25) is 0 Å². The Morgan fingerprint density at radius 2 is 1.40 bits per heavy atom. The minimum Gasteiger partial charge on any atom is -0.416 e. The van der Waals surface area contributed by atoms with Gasteiger partial charge in [-0.2, -0.15) is 0 Å². The Morgan fingerprint density at radius 1 is 0.920 bits per heavy atom. The quantitative estimate of drug-likeness (QED) is 0.767. The van der Waals surface area contributed by atoms with Crippen molar-refractivity contribution in [3.8, 4) is 11.5 Å². The zero-order valence-electron chi connectivity index (χ0n) is 13.8. The van der Waals surface area contributed by atoms with Crippen LogP contribution in [0.3, 0.4) is 0 Å². The van der Waals surface area contributed by atoms with E-state index in [4.69, 9.17) is 13.8 Å². The molecule has 2 N–H and O–H groups in total. The molecule has 2 aromatic rings. The number of para-hydroxylation sites is 2. The summed E-state index contributed by atoms with van der Waals surface area (Å²) in [4.78, 5) is 0. The molecule has 0 saturated carbocycles. The fourth-order valence-electron chi connectivity index (χ4n) is 2.68. The van der Waals surface area contributed by atoms with E-state index in [1.165, 1.54) is 0 Å². The number of hydrogen-bond acceptors (Lipinski definition) is 6. The van der Waals surface area contributed by atoms with Crippen molar-refractivity contribution in [2.24, 2.45) is 0 Å². The molecule has 1 aliphatic rings. The summed E-state index contributed by atoms with van der Waals surface area (Å²) in [6.45, 7) is 1.65. The standard InChI is InChI=1S/C18H21O6P/c1-13-17(19)18(20)16(22-13)12-25(21,23-14-8-4-2-5-9-14)24-15-10-6-3-7-11-15/h2-11,13,16-20H,12H2,1H3/t13?,16-,17?,18+/m1/s1. The van der Waals surface area contributed by atoms with Crippen molar-refractivity contribution in [3.63, 3.8) is 0 Å². The molecule has 134 valence electrons. The molecule has 3 rings (SSSR count). The van der Waals surface area contributed by atoms with Crippen molar-refractivity contribution in [1.82, 2.24) is 0 Å². The lowest BCUT2D eigenvalue weighted by atomic mass is 10.1. The van der Waals surface area contributed by atoms with Gasteiger partial charge in [0.1, 0.15) is 36.0 Å². The number of aliphatic hydroxyl groups is 2. The van der Waals surface area contributed by atoms with Crippen LogP contribution in [0.1, 0.15) is 6.92 Å². The Kier molecular flexibility index (Phi) is 5.45. The third-order valence-electron chi connectivity index (χ3n) is 3.98. The Bertz CT molecular complexity index is 677. The van der Waals surface area contributed by atoms with Gasteiger partial charge in [-0.15, -0.1) is 0 Å². The van der Waals surface area contributed by atoms with Crippen LogP contribution in [0.25, 0.3) is 0 Å². The van der Waals surface area contributed by atoms with E-state index in [0.29, 0.717) is 11.5 Å². The molecule has 6 nitrogen and oxygen atoms in total. The summed E-state index contributed by atoms with van der Waals surface area (Å²) in [6, 6.07) is 17.4. The zero-order valence-corrected chi connectivity index (χ0v) is 14.7. The molecule has 1 aliphatic heterocycles. The Morgan fingerprint density at radius 3 is 1.80 bits per heavy atom. The van der Waals surface area contributed by atoms with Gasteiger partial charge in [0.15, 0.2) is 0 Å². The first kappa shape index (κ1) is 18.0. The van der Waals surface area contributed by atoms with Crippen molar-refractivity contribution in [2.45, 2.75) is 31.3 Å². The van der Waals surface area contributed by atoms with E-state index >= 15 is 0 Å². The van der Waals surface area contributed by atoms with E-state index in [9.17, 15) is 14.8 Å². The van der Waals surface area contributed by atoms with E-state index in [-0.39, 0.29) is 6.16 Å². The Labute approximate surface area is 146 Å². The van der Waals surface area contributed by atoms with Crippen molar-refractivity contribution in [1.29, 1.82) is 0 Å². The maximum absolute atomic E-state index is 13.3. The Hall–Kier alpha value is -1.85. The molecule has 0 radical (unpaired) electrons. The lowest BCUT2D eigenvalue weighted by Crippen LogP contribution is -2.34. The van der Waals surface area contributed by atoms with E-state index in [1.807, 2.05) is 12.1 Å². The molecule has 2 aromatic carbocycles. The molecule has 7 heteroatoms. The van der Waals surface area contributed by atoms with Crippen LogP contribution < -0.4 is 9.05 Å². The van der Waals surface area contributed by atoms with E-state index < -0.39 is 32.0 Å². The summed E-state index contributed by atoms with van der Waals surface area (Å²) in [6.07, 6.45) is -3.77. The van der Waals surface area contributed by atoms with Gasteiger partial charge in [0, 0.05) is 0 Å². The maximum Gasteiger partial charge on any atom is 0.433 e. The summed E-state index contributed by atoms with van der Waals surface area (Å²) in [7, 11) is -3.70. The highest BCUT2D eigenvalue weighted by Crippen LogP contribution is 2.50.